The van der Waals surface area contributed by atoms with Gasteiger partial charge in [0.25, 0.3) is 0 Å². The van der Waals surface area contributed by atoms with Gasteiger partial charge in [-0.1, -0.05) is 0 Å². The molecule has 1 aliphatic rings. The molecule has 0 radical (unpaired) electrons. The number of hydrogen-bond donors (Lipinski definition) is 0. The van der Waals surface area contributed by atoms with Gasteiger partial charge in [0.15, 0.2) is 0 Å². The van der Waals surface area contributed by atoms with Gasteiger partial charge >= 0.3 is 12.3 Å². The molecule has 20 heavy (non-hydrogen) atoms. The molecule has 4 nitrogen and oxygen atoms in total. The van der Waals surface area contributed by atoms with E-state index in [0.29, 0.717) is 0 Å². The number of hydrogen-bond acceptors (Lipinski definition) is 3. The van der Waals surface area contributed by atoms with Crippen LogP contribution >= 0.6 is 0 Å². The second kappa shape index (κ2) is 5.79. The first kappa shape index (κ1) is 17.1. The molecular formula is C13H23F3N2O2. The maximum Gasteiger partial charge on any atom is 0.410 e. The molecule has 0 saturated carbocycles. The van der Waals surface area contributed by atoms with Gasteiger partial charge < -0.3 is 9.64 Å². The highest BCUT2D eigenvalue weighted by Gasteiger charge is 2.43. The molecule has 118 valence electrons. The number of amides is 1. The van der Waals surface area contributed by atoms with Crippen molar-refractivity contribution in [3.63, 3.8) is 0 Å². The molecule has 0 aromatic heterocycles. The van der Waals surface area contributed by atoms with Crippen LogP contribution in [0.1, 0.15) is 34.6 Å². The Morgan fingerprint density at radius 1 is 1.25 bits per heavy atom. The average Bonchev–Trinajstić information content (AvgIpc) is 2.23. The smallest absolute Gasteiger partial charge is 0.410 e. The number of rotatable bonds is 1. The predicted molar refractivity (Wildman–Crippen MR) is 69.5 cm³/mol. The van der Waals surface area contributed by atoms with E-state index in [0.717, 1.165) is 6.92 Å². The predicted octanol–water partition coefficient (Wildman–Crippen LogP) is 2.88. The van der Waals surface area contributed by atoms with Crippen molar-refractivity contribution >= 4 is 6.09 Å². The van der Waals surface area contributed by atoms with Crippen molar-refractivity contribution in [1.29, 1.82) is 0 Å². The van der Waals surface area contributed by atoms with Crippen LogP contribution in [0.4, 0.5) is 18.0 Å². The van der Waals surface area contributed by atoms with Gasteiger partial charge in [-0.25, -0.2) is 4.79 Å². The summed E-state index contributed by atoms with van der Waals surface area (Å²) in [4.78, 5) is 14.8. The Labute approximate surface area is 117 Å². The first-order valence-electron chi connectivity index (χ1n) is 6.72. The molecule has 0 N–H and O–H groups in total. The Bertz CT molecular complexity index is 353. The second-order valence-corrected chi connectivity index (χ2v) is 6.24. The van der Waals surface area contributed by atoms with Crippen molar-refractivity contribution in [2.75, 3.05) is 19.6 Å². The molecule has 0 bridgehead atoms. The molecule has 7 heteroatoms. The standard InChI is InChI=1S/C13H23F3N2O2/c1-9-8-17(10(2)13(14,15)16)6-7-18(9)11(19)20-12(3,4)5/h9-10H,6-8H2,1-5H3/t9-,10?/m1/s1. The van der Waals surface area contributed by atoms with Gasteiger partial charge in [-0.15, -0.1) is 0 Å². The SMILES string of the molecule is CC(N1CCN(C(=O)OC(C)(C)C)[C@H](C)C1)C(F)(F)F. The van der Waals surface area contributed by atoms with Crippen LogP contribution in [0, 0.1) is 0 Å². The zero-order chi connectivity index (χ0) is 15.7. The third-order valence-electron chi connectivity index (χ3n) is 3.31. The zero-order valence-corrected chi connectivity index (χ0v) is 12.6. The van der Waals surface area contributed by atoms with Crippen molar-refractivity contribution in [3.8, 4) is 0 Å². The topological polar surface area (TPSA) is 32.8 Å². The minimum atomic E-state index is -4.24. The van der Waals surface area contributed by atoms with Gasteiger partial charge in [0, 0.05) is 25.7 Å². The van der Waals surface area contributed by atoms with Crippen LogP contribution in [0.3, 0.4) is 0 Å². The Kier molecular flexibility index (Phi) is 4.94. The second-order valence-electron chi connectivity index (χ2n) is 6.24. The van der Waals surface area contributed by atoms with Crippen molar-refractivity contribution < 1.29 is 22.7 Å². The van der Waals surface area contributed by atoms with Crippen molar-refractivity contribution in [3.05, 3.63) is 0 Å². The summed E-state index contributed by atoms with van der Waals surface area (Å²) in [7, 11) is 0. The molecular weight excluding hydrogens is 273 g/mol. The third-order valence-corrected chi connectivity index (χ3v) is 3.31. The van der Waals surface area contributed by atoms with Crippen LogP contribution in [0.15, 0.2) is 0 Å². The van der Waals surface area contributed by atoms with E-state index < -0.39 is 23.9 Å². The molecule has 0 spiro atoms. The largest absolute Gasteiger partial charge is 0.444 e. The number of carbonyl (C=O) groups excluding carboxylic acids is 1. The lowest BCUT2D eigenvalue weighted by molar-refractivity contribution is -0.184. The van der Waals surface area contributed by atoms with Gasteiger partial charge in [-0.05, 0) is 34.6 Å². The fourth-order valence-corrected chi connectivity index (χ4v) is 2.14. The minimum Gasteiger partial charge on any atom is -0.444 e. The molecule has 0 aliphatic carbocycles. The van der Waals surface area contributed by atoms with Crippen molar-refractivity contribution in [2.45, 2.75) is 58.5 Å². The van der Waals surface area contributed by atoms with E-state index in [9.17, 15) is 18.0 Å². The number of carbonyl (C=O) groups is 1. The summed E-state index contributed by atoms with van der Waals surface area (Å²) in [6, 6.07) is -1.80. The van der Waals surface area contributed by atoms with E-state index in [1.807, 2.05) is 0 Å². The van der Waals surface area contributed by atoms with Crippen LogP contribution in [0.25, 0.3) is 0 Å². The normalized spacial score (nSPS) is 23.6. The van der Waals surface area contributed by atoms with E-state index >= 15 is 0 Å². The van der Waals surface area contributed by atoms with Gasteiger partial charge in [-0.3, -0.25) is 4.90 Å². The Morgan fingerprint density at radius 3 is 2.20 bits per heavy atom. The summed E-state index contributed by atoms with van der Waals surface area (Å²) in [5.74, 6) is 0. The maximum absolute atomic E-state index is 12.7. The summed E-state index contributed by atoms with van der Waals surface area (Å²) in [5, 5.41) is 0. The quantitative estimate of drug-likeness (QED) is 0.746. The highest BCUT2D eigenvalue weighted by molar-refractivity contribution is 5.68. The number of halogens is 3. The maximum atomic E-state index is 12.7. The summed E-state index contributed by atoms with van der Waals surface area (Å²) in [6.45, 7) is 8.81. The lowest BCUT2D eigenvalue weighted by Crippen LogP contribution is -2.59. The Morgan fingerprint density at radius 2 is 1.80 bits per heavy atom. The van der Waals surface area contributed by atoms with Crippen LogP contribution in [-0.4, -0.2) is 59.4 Å². The molecule has 1 heterocycles. The molecule has 1 unspecified atom stereocenters. The summed E-state index contributed by atoms with van der Waals surface area (Å²) in [6.07, 6.45) is -4.71. The molecule has 0 aromatic carbocycles. The van der Waals surface area contributed by atoms with Crippen molar-refractivity contribution in [2.24, 2.45) is 0 Å². The molecule has 1 rings (SSSR count). The summed E-state index contributed by atoms with van der Waals surface area (Å²) >= 11 is 0. The Hall–Kier alpha value is -0.980. The summed E-state index contributed by atoms with van der Waals surface area (Å²) < 4.78 is 43.3. The highest BCUT2D eigenvalue weighted by Crippen LogP contribution is 2.26. The van der Waals surface area contributed by atoms with Crippen LogP contribution in [0.2, 0.25) is 0 Å². The fraction of sp³-hybridized carbons (Fsp3) is 0.923. The average molecular weight is 296 g/mol. The molecule has 2 atom stereocenters. The molecule has 1 amide bonds. The summed E-state index contributed by atoms with van der Waals surface area (Å²) in [5.41, 5.74) is -0.604. The minimum absolute atomic E-state index is 0.194. The lowest BCUT2D eigenvalue weighted by atomic mass is 10.1. The van der Waals surface area contributed by atoms with E-state index in [1.54, 1.807) is 27.7 Å². The molecule has 0 aromatic rings. The first-order chi connectivity index (χ1) is 8.92. The van der Waals surface area contributed by atoms with Gasteiger partial charge in [0.2, 0.25) is 0 Å². The first-order valence-corrected chi connectivity index (χ1v) is 6.72. The van der Waals surface area contributed by atoms with E-state index in [2.05, 4.69) is 0 Å². The van der Waals surface area contributed by atoms with Crippen LogP contribution < -0.4 is 0 Å². The molecule has 1 saturated heterocycles. The monoisotopic (exact) mass is 296 g/mol. The van der Waals surface area contributed by atoms with Gasteiger partial charge in [-0.2, -0.15) is 13.2 Å². The molecule has 1 fully saturated rings. The van der Waals surface area contributed by atoms with Crippen LogP contribution in [0.5, 0.6) is 0 Å². The molecule has 1 aliphatic heterocycles. The Balaban J connectivity index is 2.62. The van der Waals surface area contributed by atoms with E-state index in [-0.39, 0.29) is 25.7 Å². The van der Waals surface area contributed by atoms with Gasteiger partial charge in [0.1, 0.15) is 11.6 Å². The number of nitrogens with zero attached hydrogens (tertiary/aromatic N) is 2. The van der Waals surface area contributed by atoms with Crippen molar-refractivity contribution in [1.82, 2.24) is 9.80 Å². The number of alkyl halides is 3. The zero-order valence-electron chi connectivity index (χ0n) is 12.6. The lowest BCUT2D eigenvalue weighted by Gasteiger charge is -2.42. The van der Waals surface area contributed by atoms with E-state index in [4.69, 9.17) is 4.74 Å². The number of piperazine rings is 1. The van der Waals surface area contributed by atoms with Crippen LogP contribution in [-0.2, 0) is 4.74 Å². The van der Waals surface area contributed by atoms with E-state index in [1.165, 1.54) is 9.80 Å². The fourth-order valence-electron chi connectivity index (χ4n) is 2.14. The number of ether oxygens (including phenoxy) is 1. The third kappa shape index (κ3) is 4.54. The highest BCUT2D eigenvalue weighted by atomic mass is 19.4. The van der Waals surface area contributed by atoms with Gasteiger partial charge in [0.05, 0.1) is 0 Å².